The monoisotopic (exact) mass is 394 g/mol. The van der Waals surface area contributed by atoms with Gasteiger partial charge in [-0.2, -0.15) is 5.10 Å². The predicted octanol–water partition coefficient (Wildman–Crippen LogP) is 4.93. The number of ether oxygens (including phenoxy) is 3. The molecule has 0 saturated heterocycles. The van der Waals surface area contributed by atoms with E-state index in [4.69, 9.17) is 19.3 Å². The van der Waals surface area contributed by atoms with Crippen LogP contribution in [0.3, 0.4) is 0 Å². The Kier molecular flexibility index (Phi) is 7.07. The molecule has 1 heterocycles. The van der Waals surface area contributed by atoms with Crippen molar-refractivity contribution in [3.63, 3.8) is 0 Å². The molecule has 0 amide bonds. The van der Waals surface area contributed by atoms with Crippen molar-refractivity contribution in [1.82, 2.24) is 9.78 Å². The van der Waals surface area contributed by atoms with Crippen molar-refractivity contribution in [2.24, 2.45) is 0 Å². The van der Waals surface area contributed by atoms with Crippen LogP contribution in [0.2, 0.25) is 0 Å². The summed E-state index contributed by atoms with van der Waals surface area (Å²) < 4.78 is 18.3. The zero-order chi connectivity index (χ0) is 20.7. The summed E-state index contributed by atoms with van der Waals surface area (Å²) in [6, 6.07) is 20.4. The molecule has 0 fully saturated rings. The lowest BCUT2D eigenvalue weighted by Gasteiger charge is -2.14. The Morgan fingerprint density at radius 1 is 0.897 bits per heavy atom. The summed E-state index contributed by atoms with van der Waals surface area (Å²) in [5, 5.41) is 4.87. The average Bonchev–Trinajstić information content (AvgIpc) is 3.12. The Morgan fingerprint density at radius 2 is 1.59 bits per heavy atom. The third-order valence-electron chi connectivity index (χ3n) is 4.59. The van der Waals surface area contributed by atoms with Gasteiger partial charge in [0.15, 0.2) is 0 Å². The topological polar surface area (TPSA) is 45.5 Å². The van der Waals surface area contributed by atoms with E-state index in [-0.39, 0.29) is 5.41 Å². The predicted molar refractivity (Wildman–Crippen MR) is 114 cm³/mol. The first-order valence-electron chi connectivity index (χ1n) is 9.85. The van der Waals surface area contributed by atoms with Gasteiger partial charge in [-0.15, -0.1) is 0 Å². The number of nitrogens with zero attached hydrogens (tertiary/aromatic N) is 2. The Labute approximate surface area is 173 Å². The smallest absolute Gasteiger partial charge is 0.146 e. The second-order valence-electron chi connectivity index (χ2n) is 8.10. The molecule has 0 radical (unpaired) electrons. The van der Waals surface area contributed by atoms with E-state index in [1.54, 1.807) is 7.11 Å². The lowest BCUT2D eigenvalue weighted by atomic mass is 9.92. The van der Waals surface area contributed by atoms with Crippen LogP contribution in [0.15, 0.2) is 60.7 Å². The fourth-order valence-electron chi connectivity index (χ4n) is 2.91. The second-order valence-corrected chi connectivity index (χ2v) is 8.10. The fraction of sp³-hybridized carbons (Fsp3) is 0.375. The summed E-state index contributed by atoms with van der Waals surface area (Å²) in [7, 11) is 1.62. The van der Waals surface area contributed by atoms with Crippen LogP contribution in [0.25, 0.3) is 0 Å². The van der Waals surface area contributed by atoms with Gasteiger partial charge in [0.05, 0.1) is 24.5 Å². The largest absolute Gasteiger partial charge is 0.487 e. The number of aromatic nitrogens is 2. The number of hydrogen-bond acceptors (Lipinski definition) is 4. The molecule has 5 nitrogen and oxygen atoms in total. The second kappa shape index (κ2) is 9.72. The van der Waals surface area contributed by atoms with E-state index in [0.29, 0.717) is 26.6 Å². The van der Waals surface area contributed by atoms with Crippen LogP contribution in [-0.2, 0) is 34.6 Å². The average molecular weight is 395 g/mol. The molecule has 1 aromatic heterocycles. The van der Waals surface area contributed by atoms with Gasteiger partial charge in [-0.1, -0.05) is 63.2 Å². The minimum absolute atomic E-state index is 0.0186. The van der Waals surface area contributed by atoms with E-state index in [9.17, 15) is 0 Å². The lowest BCUT2D eigenvalue weighted by molar-refractivity contribution is -0.0390. The molecule has 3 aromatic rings. The zero-order valence-electron chi connectivity index (χ0n) is 17.7. The van der Waals surface area contributed by atoms with Crippen LogP contribution in [-0.4, -0.2) is 23.7 Å². The van der Waals surface area contributed by atoms with Gasteiger partial charge in [0.1, 0.15) is 19.1 Å². The van der Waals surface area contributed by atoms with Crippen molar-refractivity contribution < 1.29 is 14.2 Å². The summed E-state index contributed by atoms with van der Waals surface area (Å²) in [4.78, 5) is 0. The third-order valence-corrected chi connectivity index (χ3v) is 4.59. The SMILES string of the molecule is COCOCc1ccc(Cn2nc(C(C)(C)C)cc2COc2ccccc2)cc1. The van der Waals surface area contributed by atoms with Gasteiger partial charge in [0, 0.05) is 12.5 Å². The molecule has 0 aliphatic heterocycles. The molecule has 0 N–H and O–H groups in total. The van der Waals surface area contributed by atoms with Crippen LogP contribution in [0.1, 0.15) is 43.3 Å². The summed E-state index contributed by atoms with van der Waals surface area (Å²) >= 11 is 0. The summed E-state index contributed by atoms with van der Waals surface area (Å²) in [6.07, 6.45) is 0. The van der Waals surface area contributed by atoms with Gasteiger partial charge in [0.2, 0.25) is 0 Å². The lowest BCUT2D eigenvalue weighted by Crippen LogP contribution is -2.13. The molecule has 0 unspecified atom stereocenters. The van der Waals surface area contributed by atoms with Gasteiger partial charge in [0.25, 0.3) is 0 Å². The molecular formula is C24H30N2O3. The number of hydrogen-bond donors (Lipinski definition) is 0. The Balaban J connectivity index is 1.73. The first-order valence-corrected chi connectivity index (χ1v) is 9.85. The highest BCUT2D eigenvalue weighted by Gasteiger charge is 2.20. The van der Waals surface area contributed by atoms with Crippen LogP contribution < -0.4 is 4.74 Å². The first kappa shape index (κ1) is 21.1. The van der Waals surface area contributed by atoms with Gasteiger partial charge in [-0.3, -0.25) is 4.68 Å². The normalized spacial score (nSPS) is 11.6. The standard InChI is InChI=1S/C24H30N2O3/c1-24(2,3)23-14-21(17-29-22-8-6-5-7-9-22)26(25-23)15-19-10-12-20(13-11-19)16-28-18-27-4/h5-14H,15-18H2,1-4H3. The van der Waals surface area contributed by atoms with Gasteiger partial charge < -0.3 is 14.2 Å². The molecule has 0 saturated carbocycles. The molecule has 0 aliphatic carbocycles. The molecule has 3 rings (SSSR count). The summed E-state index contributed by atoms with van der Waals surface area (Å²) in [6.45, 7) is 8.55. The molecule has 5 heteroatoms. The Morgan fingerprint density at radius 3 is 2.24 bits per heavy atom. The van der Waals surface area contributed by atoms with Crippen LogP contribution in [0.5, 0.6) is 5.75 Å². The Bertz CT molecular complexity index is 881. The Hall–Kier alpha value is -2.63. The van der Waals surface area contributed by atoms with Crippen molar-refractivity contribution in [2.75, 3.05) is 13.9 Å². The van der Waals surface area contributed by atoms with E-state index in [0.717, 1.165) is 22.7 Å². The first-order chi connectivity index (χ1) is 14.0. The number of benzene rings is 2. The minimum Gasteiger partial charge on any atom is -0.487 e. The summed E-state index contributed by atoms with van der Waals surface area (Å²) in [5.41, 5.74) is 4.41. The van der Waals surface area contributed by atoms with Gasteiger partial charge in [-0.05, 0) is 29.3 Å². The minimum atomic E-state index is -0.0186. The maximum absolute atomic E-state index is 5.98. The summed E-state index contributed by atoms with van der Waals surface area (Å²) in [5.74, 6) is 0.859. The maximum atomic E-state index is 5.98. The van der Waals surface area contributed by atoms with Crippen molar-refractivity contribution in [3.05, 3.63) is 83.2 Å². The van der Waals surface area contributed by atoms with E-state index in [2.05, 4.69) is 51.1 Å². The number of methoxy groups -OCH3 is 1. The van der Waals surface area contributed by atoms with Crippen LogP contribution >= 0.6 is 0 Å². The van der Waals surface area contributed by atoms with E-state index in [1.165, 1.54) is 5.56 Å². The van der Waals surface area contributed by atoms with E-state index in [1.807, 2.05) is 35.0 Å². The van der Waals surface area contributed by atoms with Gasteiger partial charge in [-0.25, -0.2) is 0 Å². The van der Waals surface area contributed by atoms with Crippen LogP contribution in [0, 0.1) is 0 Å². The van der Waals surface area contributed by atoms with Crippen molar-refractivity contribution in [1.29, 1.82) is 0 Å². The highest BCUT2D eigenvalue weighted by molar-refractivity contribution is 5.25. The quantitative estimate of drug-likeness (QED) is 0.381. The highest BCUT2D eigenvalue weighted by atomic mass is 16.7. The molecule has 0 spiro atoms. The molecule has 2 aromatic carbocycles. The van der Waals surface area contributed by atoms with Crippen LogP contribution in [0.4, 0.5) is 0 Å². The van der Waals surface area contributed by atoms with Gasteiger partial charge >= 0.3 is 0 Å². The fourth-order valence-corrected chi connectivity index (χ4v) is 2.91. The molecule has 0 atom stereocenters. The number of para-hydroxylation sites is 1. The number of rotatable bonds is 9. The molecule has 154 valence electrons. The molecule has 0 bridgehead atoms. The van der Waals surface area contributed by atoms with Crippen molar-refractivity contribution in [3.8, 4) is 5.75 Å². The van der Waals surface area contributed by atoms with E-state index >= 15 is 0 Å². The van der Waals surface area contributed by atoms with Crippen molar-refractivity contribution >= 4 is 0 Å². The van der Waals surface area contributed by atoms with Crippen molar-refractivity contribution in [2.45, 2.75) is 45.9 Å². The molecular weight excluding hydrogens is 364 g/mol. The maximum Gasteiger partial charge on any atom is 0.146 e. The molecule has 29 heavy (non-hydrogen) atoms. The highest BCUT2D eigenvalue weighted by Crippen LogP contribution is 2.23. The van der Waals surface area contributed by atoms with E-state index < -0.39 is 0 Å². The molecule has 0 aliphatic rings. The zero-order valence-corrected chi connectivity index (χ0v) is 17.7. The third kappa shape index (κ3) is 6.17.